The maximum atomic E-state index is 12.3. The van der Waals surface area contributed by atoms with Gasteiger partial charge < -0.3 is 9.47 Å². The molecule has 5 heteroatoms. The van der Waals surface area contributed by atoms with Crippen molar-refractivity contribution in [3.8, 4) is 28.1 Å². The molecule has 0 fully saturated rings. The molecule has 0 aliphatic carbocycles. The number of nitrogens with zero attached hydrogens (tertiary/aromatic N) is 1. The Labute approximate surface area is 198 Å². The summed E-state index contributed by atoms with van der Waals surface area (Å²) in [7, 11) is 0. The van der Waals surface area contributed by atoms with Gasteiger partial charge in [-0.3, -0.25) is 0 Å². The van der Waals surface area contributed by atoms with E-state index >= 15 is 0 Å². The van der Waals surface area contributed by atoms with Crippen LogP contribution in [0, 0.1) is 6.92 Å². The molecule has 0 unspecified atom stereocenters. The number of rotatable bonds is 7. The summed E-state index contributed by atoms with van der Waals surface area (Å²) >= 11 is 6.36. The Hall–Kier alpha value is -3.63. The predicted octanol–water partition coefficient (Wildman–Crippen LogP) is 7.13. The molecule has 0 spiro atoms. The van der Waals surface area contributed by atoms with E-state index in [0.29, 0.717) is 29.7 Å². The van der Waals surface area contributed by atoms with Crippen molar-refractivity contribution in [3.05, 3.63) is 107 Å². The molecule has 4 rings (SSSR count). The van der Waals surface area contributed by atoms with Crippen LogP contribution in [0.4, 0.5) is 0 Å². The van der Waals surface area contributed by atoms with Crippen molar-refractivity contribution in [1.82, 2.24) is 4.98 Å². The summed E-state index contributed by atoms with van der Waals surface area (Å²) in [6.07, 6.45) is 1.59. The fourth-order valence-electron chi connectivity index (χ4n) is 3.74. The van der Waals surface area contributed by atoms with Gasteiger partial charge in [0.05, 0.1) is 17.2 Å². The number of pyridine rings is 1. The Bertz CT molecular complexity index is 1270. The highest BCUT2D eigenvalue weighted by Crippen LogP contribution is 2.40. The second-order valence-electron chi connectivity index (χ2n) is 7.58. The van der Waals surface area contributed by atoms with Crippen LogP contribution < -0.4 is 4.74 Å². The summed E-state index contributed by atoms with van der Waals surface area (Å²) in [5, 5.41) is 0.520. The standard InChI is InChI=1S/C28H24ClNO3/c1-3-32-28(31)22-13-8-12-21(15-22)24-14-7-9-19(2)26(24)25-16-23(29)17-30-27(25)33-18-20-10-5-4-6-11-20/h4-17H,3,18H2,1-2H3. The van der Waals surface area contributed by atoms with Crippen LogP contribution in [0.1, 0.15) is 28.4 Å². The molecule has 0 amide bonds. The normalized spacial score (nSPS) is 10.6. The molecule has 1 heterocycles. The first kappa shape index (κ1) is 22.6. The number of ether oxygens (including phenoxy) is 2. The third-order valence-electron chi connectivity index (χ3n) is 5.26. The van der Waals surface area contributed by atoms with Crippen LogP contribution in [-0.2, 0) is 11.3 Å². The lowest BCUT2D eigenvalue weighted by Crippen LogP contribution is -2.04. The van der Waals surface area contributed by atoms with Crippen LogP contribution in [0.5, 0.6) is 5.88 Å². The molecule has 4 aromatic rings. The molecule has 3 aromatic carbocycles. The zero-order valence-electron chi connectivity index (χ0n) is 18.5. The zero-order chi connectivity index (χ0) is 23.2. The molecule has 4 nitrogen and oxygen atoms in total. The number of hydrogen-bond donors (Lipinski definition) is 0. The Morgan fingerprint density at radius 1 is 0.939 bits per heavy atom. The summed E-state index contributed by atoms with van der Waals surface area (Å²) in [4.78, 5) is 16.8. The molecule has 166 valence electrons. The number of esters is 1. The first-order valence-corrected chi connectivity index (χ1v) is 11.1. The van der Waals surface area contributed by atoms with Crippen molar-refractivity contribution < 1.29 is 14.3 Å². The number of halogens is 1. The summed E-state index contributed by atoms with van der Waals surface area (Å²) in [5.74, 6) is 0.158. The van der Waals surface area contributed by atoms with Crippen LogP contribution in [0.2, 0.25) is 5.02 Å². The highest BCUT2D eigenvalue weighted by Gasteiger charge is 2.18. The van der Waals surface area contributed by atoms with Crippen molar-refractivity contribution >= 4 is 17.6 Å². The summed E-state index contributed by atoms with van der Waals surface area (Å²) < 4.78 is 11.3. The maximum absolute atomic E-state index is 12.3. The fourth-order valence-corrected chi connectivity index (χ4v) is 3.90. The summed E-state index contributed by atoms with van der Waals surface area (Å²) in [6, 6.07) is 25.3. The molecule has 33 heavy (non-hydrogen) atoms. The first-order chi connectivity index (χ1) is 16.1. The van der Waals surface area contributed by atoms with Gasteiger partial charge in [0.25, 0.3) is 0 Å². The fraction of sp³-hybridized carbons (Fsp3) is 0.143. The summed E-state index contributed by atoms with van der Waals surface area (Å²) in [5.41, 5.74) is 6.20. The lowest BCUT2D eigenvalue weighted by Gasteiger charge is -2.17. The van der Waals surface area contributed by atoms with Crippen molar-refractivity contribution in [2.45, 2.75) is 20.5 Å². The smallest absolute Gasteiger partial charge is 0.338 e. The van der Waals surface area contributed by atoms with E-state index in [-0.39, 0.29) is 5.97 Å². The molecule has 0 aliphatic rings. The van der Waals surface area contributed by atoms with Crippen LogP contribution in [0.3, 0.4) is 0 Å². The Balaban J connectivity index is 1.79. The van der Waals surface area contributed by atoms with E-state index in [1.807, 2.05) is 79.7 Å². The lowest BCUT2D eigenvalue weighted by molar-refractivity contribution is 0.0526. The minimum absolute atomic E-state index is 0.328. The van der Waals surface area contributed by atoms with Crippen molar-refractivity contribution in [2.75, 3.05) is 6.61 Å². The molecule has 0 saturated carbocycles. The van der Waals surface area contributed by atoms with Gasteiger partial charge in [-0.2, -0.15) is 0 Å². The molecular weight excluding hydrogens is 434 g/mol. The SMILES string of the molecule is CCOC(=O)c1cccc(-c2cccc(C)c2-c2cc(Cl)cnc2OCc2ccccc2)c1. The predicted molar refractivity (Wildman–Crippen MR) is 132 cm³/mol. The zero-order valence-corrected chi connectivity index (χ0v) is 19.3. The molecule has 0 bridgehead atoms. The van der Waals surface area contributed by atoms with Gasteiger partial charge >= 0.3 is 5.97 Å². The molecule has 0 radical (unpaired) electrons. The van der Waals surface area contributed by atoms with E-state index in [2.05, 4.69) is 4.98 Å². The number of aryl methyl sites for hydroxylation is 1. The maximum Gasteiger partial charge on any atom is 0.338 e. The number of benzene rings is 3. The van der Waals surface area contributed by atoms with Gasteiger partial charge in [-0.05, 0) is 59.9 Å². The van der Waals surface area contributed by atoms with E-state index < -0.39 is 0 Å². The van der Waals surface area contributed by atoms with E-state index in [4.69, 9.17) is 21.1 Å². The molecule has 1 aromatic heterocycles. The number of aromatic nitrogens is 1. The quantitative estimate of drug-likeness (QED) is 0.277. The average Bonchev–Trinajstić information content (AvgIpc) is 2.84. The van der Waals surface area contributed by atoms with Gasteiger partial charge in [0.15, 0.2) is 0 Å². The first-order valence-electron chi connectivity index (χ1n) is 10.8. The topological polar surface area (TPSA) is 48.4 Å². The van der Waals surface area contributed by atoms with E-state index in [1.165, 1.54) is 0 Å². The number of hydrogen-bond acceptors (Lipinski definition) is 4. The average molecular weight is 458 g/mol. The highest BCUT2D eigenvalue weighted by molar-refractivity contribution is 6.30. The van der Waals surface area contributed by atoms with Gasteiger partial charge in [0, 0.05) is 11.8 Å². The second kappa shape index (κ2) is 10.3. The Morgan fingerprint density at radius 2 is 1.73 bits per heavy atom. The molecule has 0 aliphatic heterocycles. The van der Waals surface area contributed by atoms with Crippen LogP contribution in [0.25, 0.3) is 22.3 Å². The van der Waals surface area contributed by atoms with E-state index in [0.717, 1.165) is 33.4 Å². The van der Waals surface area contributed by atoms with Gasteiger partial charge in [0.1, 0.15) is 6.61 Å². The Morgan fingerprint density at radius 3 is 2.52 bits per heavy atom. The highest BCUT2D eigenvalue weighted by atomic mass is 35.5. The van der Waals surface area contributed by atoms with Crippen molar-refractivity contribution in [2.24, 2.45) is 0 Å². The van der Waals surface area contributed by atoms with Crippen molar-refractivity contribution in [1.29, 1.82) is 0 Å². The van der Waals surface area contributed by atoms with Crippen LogP contribution in [-0.4, -0.2) is 17.6 Å². The molecule has 0 atom stereocenters. The van der Waals surface area contributed by atoms with Crippen LogP contribution in [0.15, 0.2) is 85.1 Å². The number of carbonyl (C=O) groups is 1. The van der Waals surface area contributed by atoms with Gasteiger partial charge in [-0.1, -0.05) is 72.3 Å². The van der Waals surface area contributed by atoms with Crippen molar-refractivity contribution in [3.63, 3.8) is 0 Å². The Kier molecular flexibility index (Phi) is 7.06. The largest absolute Gasteiger partial charge is 0.472 e. The number of carbonyl (C=O) groups excluding carboxylic acids is 1. The molecular formula is C28H24ClNO3. The van der Waals surface area contributed by atoms with Crippen LogP contribution >= 0.6 is 11.6 Å². The minimum Gasteiger partial charge on any atom is -0.472 e. The van der Waals surface area contributed by atoms with E-state index in [1.54, 1.807) is 19.2 Å². The van der Waals surface area contributed by atoms with Gasteiger partial charge in [-0.15, -0.1) is 0 Å². The van der Waals surface area contributed by atoms with Gasteiger partial charge in [0.2, 0.25) is 5.88 Å². The third kappa shape index (κ3) is 5.24. The lowest BCUT2D eigenvalue weighted by atomic mass is 9.91. The third-order valence-corrected chi connectivity index (χ3v) is 5.47. The molecule has 0 saturated heterocycles. The molecule has 0 N–H and O–H groups in total. The minimum atomic E-state index is -0.343. The monoisotopic (exact) mass is 457 g/mol. The van der Waals surface area contributed by atoms with E-state index in [9.17, 15) is 4.79 Å². The summed E-state index contributed by atoms with van der Waals surface area (Å²) in [6.45, 7) is 4.55. The van der Waals surface area contributed by atoms with Gasteiger partial charge in [-0.25, -0.2) is 9.78 Å². The second-order valence-corrected chi connectivity index (χ2v) is 8.02.